The second kappa shape index (κ2) is 8.25. The fourth-order valence-corrected chi connectivity index (χ4v) is 2.43. The summed E-state index contributed by atoms with van der Waals surface area (Å²) in [5.41, 5.74) is 5.66. The number of rotatable bonds is 6. The van der Waals surface area contributed by atoms with Crippen LogP contribution in [0.25, 0.3) is 0 Å². The minimum absolute atomic E-state index is 0.127. The van der Waals surface area contributed by atoms with Crippen molar-refractivity contribution in [1.82, 2.24) is 15.3 Å². The molecule has 132 valence electrons. The Morgan fingerprint density at radius 2 is 1.62 bits per heavy atom. The first-order valence-electron chi connectivity index (χ1n) is 8.55. The Kier molecular flexibility index (Phi) is 5.59. The van der Waals surface area contributed by atoms with Gasteiger partial charge in [0, 0.05) is 24.0 Å². The highest BCUT2D eigenvalue weighted by molar-refractivity contribution is 5.94. The first-order valence-corrected chi connectivity index (χ1v) is 8.55. The van der Waals surface area contributed by atoms with Gasteiger partial charge >= 0.3 is 0 Å². The Morgan fingerprint density at radius 1 is 0.885 bits per heavy atom. The van der Waals surface area contributed by atoms with Crippen molar-refractivity contribution in [3.8, 4) is 0 Å². The van der Waals surface area contributed by atoms with Crippen LogP contribution in [0, 0.1) is 13.8 Å². The van der Waals surface area contributed by atoms with Gasteiger partial charge in [0.2, 0.25) is 0 Å². The molecular weight excluding hydrogens is 324 g/mol. The lowest BCUT2D eigenvalue weighted by Gasteiger charge is -2.09. The van der Waals surface area contributed by atoms with Gasteiger partial charge in [0.1, 0.15) is 0 Å². The van der Waals surface area contributed by atoms with Crippen LogP contribution in [0.15, 0.2) is 60.9 Å². The highest BCUT2D eigenvalue weighted by atomic mass is 16.1. The van der Waals surface area contributed by atoms with E-state index in [0.29, 0.717) is 12.1 Å². The summed E-state index contributed by atoms with van der Waals surface area (Å²) in [6.45, 7) is 5.06. The summed E-state index contributed by atoms with van der Waals surface area (Å²) in [6, 6.07) is 15.9. The predicted molar refractivity (Wildman–Crippen MR) is 103 cm³/mol. The summed E-state index contributed by atoms with van der Waals surface area (Å²) in [4.78, 5) is 20.6. The quantitative estimate of drug-likeness (QED) is 0.715. The van der Waals surface area contributed by atoms with Gasteiger partial charge < -0.3 is 10.6 Å². The second-order valence-electron chi connectivity index (χ2n) is 6.25. The van der Waals surface area contributed by atoms with Crippen molar-refractivity contribution >= 4 is 11.6 Å². The number of anilines is 1. The topological polar surface area (TPSA) is 66.9 Å². The average molecular weight is 346 g/mol. The van der Waals surface area contributed by atoms with Crippen molar-refractivity contribution in [3.63, 3.8) is 0 Å². The van der Waals surface area contributed by atoms with E-state index < -0.39 is 0 Å². The SMILES string of the molecule is Cc1ccc(CNc2ccc(C(=O)NCc3cnc(C)cn3)cc2)cc1. The molecule has 3 rings (SSSR count). The third-order valence-corrected chi connectivity index (χ3v) is 4.03. The van der Waals surface area contributed by atoms with Crippen LogP contribution in [0.5, 0.6) is 0 Å². The molecule has 0 fully saturated rings. The zero-order valence-electron chi connectivity index (χ0n) is 15.0. The molecule has 1 heterocycles. The highest BCUT2D eigenvalue weighted by Gasteiger charge is 2.06. The van der Waals surface area contributed by atoms with Gasteiger partial charge in [-0.25, -0.2) is 0 Å². The van der Waals surface area contributed by atoms with Crippen LogP contribution in [0.3, 0.4) is 0 Å². The molecule has 0 radical (unpaired) electrons. The lowest BCUT2D eigenvalue weighted by Crippen LogP contribution is -2.23. The van der Waals surface area contributed by atoms with Crippen LogP contribution < -0.4 is 10.6 Å². The number of carbonyl (C=O) groups excluding carboxylic acids is 1. The van der Waals surface area contributed by atoms with Crippen LogP contribution in [0.2, 0.25) is 0 Å². The summed E-state index contributed by atoms with van der Waals surface area (Å²) >= 11 is 0. The third kappa shape index (κ3) is 4.89. The molecular formula is C21H22N4O. The van der Waals surface area contributed by atoms with Crippen molar-refractivity contribution in [2.24, 2.45) is 0 Å². The number of carbonyl (C=O) groups is 1. The van der Waals surface area contributed by atoms with E-state index in [9.17, 15) is 4.79 Å². The Balaban J connectivity index is 1.52. The maximum absolute atomic E-state index is 12.2. The van der Waals surface area contributed by atoms with Gasteiger partial charge in [-0.1, -0.05) is 29.8 Å². The minimum atomic E-state index is -0.127. The molecule has 0 aliphatic rings. The van der Waals surface area contributed by atoms with Crippen molar-refractivity contribution in [2.45, 2.75) is 26.9 Å². The van der Waals surface area contributed by atoms with Crippen LogP contribution in [-0.4, -0.2) is 15.9 Å². The number of amides is 1. The zero-order chi connectivity index (χ0) is 18.4. The molecule has 0 unspecified atom stereocenters. The summed E-state index contributed by atoms with van der Waals surface area (Å²) in [7, 11) is 0. The van der Waals surface area contributed by atoms with Crippen LogP contribution in [0.1, 0.15) is 32.9 Å². The number of nitrogens with one attached hydrogen (secondary N) is 2. The lowest BCUT2D eigenvalue weighted by atomic mass is 10.1. The Hall–Kier alpha value is -3.21. The van der Waals surface area contributed by atoms with E-state index in [1.165, 1.54) is 11.1 Å². The lowest BCUT2D eigenvalue weighted by molar-refractivity contribution is 0.0950. The number of aromatic nitrogens is 2. The van der Waals surface area contributed by atoms with Gasteiger partial charge in [0.05, 0.1) is 24.1 Å². The molecule has 0 bridgehead atoms. The number of aryl methyl sites for hydroxylation is 2. The van der Waals surface area contributed by atoms with Crippen LogP contribution in [0.4, 0.5) is 5.69 Å². The Morgan fingerprint density at radius 3 is 2.27 bits per heavy atom. The molecule has 2 N–H and O–H groups in total. The summed E-state index contributed by atoms with van der Waals surface area (Å²) < 4.78 is 0. The van der Waals surface area contributed by atoms with Gasteiger partial charge in [-0.15, -0.1) is 0 Å². The largest absolute Gasteiger partial charge is 0.381 e. The zero-order valence-corrected chi connectivity index (χ0v) is 15.0. The van der Waals surface area contributed by atoms with Gasteiger partial charge in [-0.05, 0) is 43.7 Å². The summed E-state index contributed by atoms with van der Waals surface area (Å²) in [5.74, 6) is -0.127. The van der Waals surface area contributed by atoms with E-state index in [2.05, 4.69) is 51.8 Å². The van der Waals surface area contributed by atoms with Crippen molar-refractivity contribution in [1.29, 1.82) is 0 Å². The number of benzene rings is 2. The predicted octanol–water partition coefficient (Wildman–Crippen LogP) is 3.64. The van der Waals surface area contributed by atoms with Gasteiger partial charge in [-0.2, -0.15) is 0 Å². The van der Waals surface area contributed by atoms with E-state index in [1.807, 2.05) is 31.2 Å². The standard InChI is InChI=1S/C21H22N4O/c1-15-3-5-17(6-4-15)12-24-19-9-7-18(8-10-19)21(26)25-14-20-13-22-16(2)11-23-20/h3-11,13,24H,12,14H2,1-2H3,(H,25,26). The molecule has 0 saturated carbocycles. The van der Waals surface area contributed by atoms with Crippen molar-refractivity contribution < 1.29 is 4.79 Å². The maximum Gasteiger partial charge on any atom is 0.251 e. The summed E-state index contributed by atoms with van der Waals surface area (Å²) in [5, 5.41) is 6.22. The Bertz CT molecular complexity index is 856. The number of nitrogens with zero attached hydrogens (tertiary/aromatic N) is 2. The van der Waals surface area contributed by atoms with Gasteiger partial charge in [0.15, 0.2) is 0 Å². The molecule has 0 saturated heterocycles. The molecule has 0 aliphatic heterocycles. The molecule has 5 heteroatoms. The first kappa shape index (κ1) is 17.6. The monoisotopic (exact) mass is 346 g/mol. The van der Waals surface area contributed by atoms with E-state index in [-0.39, 0.29) is 5.91 Å². The highest BCUT2D eigenvalue weighted by Crippen LogP contribution is 2.12. The Labute approximate surface area is 153 Å². The van der Waals surface area contributed by atoms with Crippen LogP contribution >= 0.6 is 0 Å². The molecule has 1 amide bonds. The summed E-state index contributed by atoms with van der Waals surface area (Å²) in [6.07, 6.45) is 3.36. The molecule has 0 aliphatic carbocycles. The average Bonchev–Trinajstić information content (AvgIpc) is 2.67. The van der Waals surface area contributed by atoms with E-state index in [1.54, 1.807) is 12.4 Å². The van der Waals surface area contributed by atoms with E-state index >= 15 is 0 Å². The van der Waals surface area contributed by atoms with Crippen LogP contribution in [-0.2, 0) is 13.1 Å². The number of hydrogen-bond donors (Lipinski definition) is 2. The molecule has 5 nitrogen and oxygen atoms in total. The van der Waals surface area contributed by atoms with Crippen molar-refractivity contribution in [3.05, 3.63) is 89.0 Å². The third-order valence-electron chi connectivity index (χ3n) is 4.03. The smallest absolute Gasteiger partial charge is 0.251 e. The molecule has 3 aromatic rings. The fraction of sp³-hybridized carbons (Fsp3) is 0.190. The molecule has 2 aromatic carbocycles. The first-order chi connectivity index (χ1) is 12.6. The van der Waals surface area contributed by atoms with Gasteiger partial charge in [0.25, 0.3) is 5.91 Å². The fourth-order valence-electron chi connectivity index (χ4n) is 2.43. The normalized spacial score (nSPS) is 10.4. The maximum atomic E-state index is 12.2. The van der Waals surface area contributed by atoms with Crippen molar-refractivity contribution in [2.75, 3.05) is 5.32 Å². The molecule has 0 spiro atoms. The molecule has 0 atom stereocenters. The number of hydrogen-bond acceptors (Lipinski definition) is 4. The molecule has 1 aromatic heterocycles. The van der Waals surface area contributed by atoms with E-state index in [4.69, 9.17) is 0 Å². The molecule has 26 heavy (non-hydrogen) atoms. The van der Waals surface area contributed by atoms with Gasteiger partial charge in [-0.3, -0.25) is 14.8 Å². The van der Waals surface area contributed by atoms with E-state index in [0.717, 1.165) is 23.6 Å². The second-order valence-corrected chi connectivity index (χ2v) is 6.25. The minimum Gasteiger partial charge on any atom is -0.381 e.